The molecule has 0 unspecified atom stereocenters. The highest BCUT2D eigenvalue weighted by Crippen LogP contribution is 2.22. The first-order valence-electron chi connectivity index (χ1n) is 6.26. The van der Waals surface area contributed by atoms with E-state index < -0.39 is 0 Å². The number of halogens is 2. The van der Waals surface area contributed by atoms with E-state index in [1.807, 2.05) is 24.3 Å². The molecule has 3 nitrogen and oxygen atoms in total. The second kappa shape index (κ2) is 5.25. The summed E-state index contributed by atoms with van der Waals surface area (Å²) in [6.45, 7) is 2.62. The smallest absolute Gasteiger partial charge is 0.139 e. The topological polar surface area (TPSA) is 40.7 Å². The number of anilines is 1. The van der Waals surface area contributed by atoms with Crippen molar-refractivity contribution in [3.63, 3.8) is 0 Å². The minimum atomic E-state index is -0.292. The van der Waals surface area contributed by atoms with E-state index in [2.05, 4.69) is 38.1 Å². The molecule has 0 aliphatic carbocycles. The summed E-state index contributed by atoms with van der Waals surface area (Å²) >= 11 is 3.16. The van der Waals surface area contributed by atoms with Gasteiger partial charge in [0, 0.05) is 11.8 Å². The first kappa shape index (κ1) is 13.1. The number of H-pyrrole nitrogens is 1. The average molecular weight is 334 g/mol. The van der Waals surface area contributed by atoms with E-state index in [1.54, 1.807) is 6.07 Å². The van der Waals surface area contributed by atoms with E-state index in [9.17, 15) is 4.39 Å². The number of nitrogens with zero attached hydrogens (tertiary/aromatic N) is 1. The van der Waals surface area contributed by atoms with Gasteiger partial charge in [-0.1, -0.05) is 17.7 Å². The number of nitrogens with one attached hydrogen (secondary N) is 2. The fourth-order valence-corrected chi connectivity index (χ4v) is 2.33. The number of hydrogen-bond acceptors (Lipinski definition) is 2. The predicted octanol–water partition coefficient (Wildman–Crippen LogP) is 4.39. The van der Waals surface area contributed by atoms with Gasteiger partial charge in [-0.3, -0.25) is 0 Å². The third-order valence-corrected chi connectivity index (χ3v) is 3.69. The number of imidazole rings is 1. The second-order valence-corrected chi connectivity index (χ2v) is 5.54. The summed E-state index contributed by atoms with van der Waals surface area (Å²) in [5.41, 5.74) is 3.70. The van der Waals surface area contributed by atoms with Crippen LogP contribution in [0.1, 0.15) is 11.4 Å². The summed E-state index contributed by atoms with van der Waals surface area (Å²) in [6, 6.07) is 11.3. The molecule has 0 radical (unpaired) electrons. The predicted molar refractivity (Wildman–Crippen MR) is 82.3 cm³/mol. The zero-order chi connectivity index (χ0) is 14.1. The number of rotatable bonds is 3. The highest BCUT2D eigenvalue weighted by molar-refractivity contribution is 9.10. The van der Waals surface area contributed by atoms with E-state index in [4.69, 9.17) is 0 Å². The first-order chi connectivity index (χ1) is 9.61. The van der Waals surface area contributed by atoms with Crippen LogP contribution in [-0.4, -0.2) is 9.97 Å². The van der Waals surface area contributed by atoms with E-state index >= 15 is 0 Å². The zero-order valence-electron chi connectivity index (χ0n) is 10.9. The molecule has 0 atom stereocenters. The molecule has 0 saturated carbocycles. The van der Waals surface area contributed by atoms with Gasteiger partial charge in [0.2, 0.25) is 0 Å². The molecule has 3 rings (SSSR count). The van der Waals surface area contributed by atoms with E-state index in [0.29, 0.717) is 16.5 Å². The van der Waals surface area contributed by atoms with Gasteiger partial charge in [0.05, 0.1) is 22.1 Å². The number of aryl methyl sites for hydroxylation is 1. The maximum absolute atomic E-state index is 13.4. The molecule has 3 aromatic rings. The van der Waals surface area contributed by atoms with Crippen molar-refractivity contribution >= 4 is 32.7 Å². The molecule has 5 heteroatoms. The summed E-state index contributed by atoms with van der Waals surface area (Å²) in [7, 11) is 0. The van der Waals surface area contributed by atoms with Crippen molar-refractivity contribution < 1.29 is 4.39 Å². The Morgan fingerprint density at radius 1 is 1.25 bits per heavy atom. The number of aromatic nitrogens is 2. The van der Waals surface area contributed by atoms with Crippen molar-refractivity contribution in [2.75, 3.05) is 5.32 Å². The van der Waals surface area contributed by atoms with Gasteiger partial charge in [0.25, 0.3) is 0 Å². The quantitative estimate of drug-likeness (QED) is 0.746. The largest absolute Gasteiger partial charge is 0.378 e. The van der Waals surface area contributed by atoms with Gasteiger partial charge in [0.15, 0.2) is 0 Å². The molecule has 0 aliphatic heterocycles. The van der Waals surface area contributed by atoms with Crippen LogP contribution in [-0.2, 0) is 6.54 Å². The molecule has 0 aliphatic rings. The summed E-state index contributed by atoms with van der Waals surface area (Å²) in [5.74, 6) is 0.484. The van der Waals surface area contributed by atoms with Crippen LogP contribution in [0, 0.1) is 12.7 Å². The van der Waals surface area contributed by atoms with Crippen molar-refractivity contribution in [1.29, 1.82) is 0 Å². The normalized spacial score (nSPS) is 10.9. The van der Waals surface area contributed by atoms with Gasteiger partial charge in [-0.15, -0.1) is 0 Å². The fraction of sp³-hybridized carbons (Fsp3) is 0.133. The van der Waals surface area contributed by atoms with E-state index in [1.165, 1.54) is 11.6 Å². The van der Waals surface area contributed by atoms with Crippen molar-refractivity contribution in [2.45, 2.75) is 13.5 Å². The molecule has 0 amide bonds. The van der Waals surface area contributed by atoms with E-state index in [0.717, 1.165) is 17.0 Å². The third-order valence-electron chi connectivity index (χ3n) is 3.08. The maximum Gasteiger partial charge on any atom is 0.139 e. The van der Waals surface area contributed by atoms with Crippen molar-refractivity contribution in [2.24, 2.45) is 0 Å². The molecule has 0 bridgehead atoms. The highest BCUT2D eigenvalue weighted by atomic mass is 79.9. The van der Waals surface area contributed by atoms with Crippen LogP contribution in [0.3, 0.4) is 0 Å². The van der Waals surface area contributed by atoms with Gasteiger partial charge in [-0.2, -0.15) is 0 Å². The molecular weight excluding hydrogens is 321 g/mol. The summed E-state index contributed by atoms with van der Waals surface area (Å²) in [6.07, 6.45) is 0. The minimum Gasteiger partial charge on any atom is -0.378 e. The molecule has 1 heterocycles. The Labute approximate surface area is 124 Å². The van der Waals surface area contributed by atoms with Crippen molar-refractivity contribution in [1.82, 2.24) is 9.97 Å². The van der Waals surface area contributed by atoms with Crippen molar-refractivity contribution in [3.05, 3.63) is 58.1 Å². The number of aromatic amines is 1. The fourth-order valence-electron chi connectivity index (χ4n) is 2.00. The molecule has 2 aromatic carbocycles. The summed E-state index contributed by atoms with van der Waals surface area (Å²) in [5, 5.41) is 3.28. The van der Waals surface area contributed by atoms with Crippen molar-refractivity contribution in [3.8, 4) is 0 Å². The Bertz CT molecular complexity index is 711. The molecule has 0 saturated heterocycles. The van der Waals surface area contributed by atoms with Crippen LogP contribution in [0.25, 0.3) is 11.0 Å². The highest BCUT2D eigenvalue weighted by Gasteiger charge is 2.07. The van der Waals surface area contributed by atoms with Gasteiger partial charge in [0.1, 0.15) is 11.6 Å². The Morgan fingerprint density at radius 2 is 2.00 bits per heavy atom. The Morgan fingerprint density at radius 3 is 2.75 bits per heavy atom. The van der Waals surface area contributed by atoms with Crippen LogP contribution >= 0.6 is 15.9 Å². The number of fused-ring (bicyclic) bond motifs is 1. The van der Waals surface area contributed by atoms with E-state index in [-0.39, 0.29) is 5.82 Å². The van der Waals surface area contributed by atoms with Crippen LogP contribution in [0.15, 0.2) is 40.9 Å². The van der Waals surface area contributed by atoms with Crippen LogP contribution in [0.5, 0.6) is 0 Å². The molecule has 0 spiro atoms. The zero-order valence-corrected chi connectivity index (χ0v) is 12.5. The molecular formula is C15H13BrFN3. The lowest BCUT2D eigenvalue weighted by Gasteiger charge is -2.04. The Hall–Kier alpha value is -1.88. The lowest BCUT2D eigenvalue weighted by molar-refractivity contribution is 0.623. The lowest BCUT2D eigenvalue weighted by Crippen LogP contribution is -2.00. The van der Waals surface area contributed by atoms with Crippen LogP contribution in [0.4, 0.5) is 10.1 Å². The maximum atomic E-state index is 13.4. The average Bonchev–Trinajstić information content (AvgIpc) is 2.80. The molecule has 20 heavy (non-hydrogen) atoms. The number of hydrogen-bond donors (Lipinski definition) is 2. The Balaban J connectivity index is 1.79. The van der Waals surface area contributed by atoms with Gasteiger partial charge < -0.3 is 10.3 Å². The first-order valence-corrected chi connectivity index (χ1v) is 7.05. The minimum absolute atomic E-state index is 0.292. The van der Waals surface area contributed by atoms with Gasteiger partial charge in [-0.25, -0.2) is 9.37 Å². The summed E-state index contributed by atoms with van der Waals surface area (Å²) < 4.78 is 13.9. The standard InChI is InChI=1S/C15H13BrFN3/c1-9-2-4-10(5-3-9)18-8-15-19-13-6-11(16)12(17)7-14(13)20-15/h2-7,18H,8H2,1H3,(H,19,20). The number of benzene rings is 2. The SMILES string of the molecule is Cc1ccc(NCc2nc3cc(Br)c(F)cc3[nH]2)cc1. The van der Waals surface area contributed by atoms with Gasteiger partial charge >= 0.3 is 0 Å². The third kappa shape index (κ3) is 2.67. The molecule has 102 valence electrons. The van der Waals surface area contributed by atoms with Gasteiger partial charge in [-0.05, 0) is 41.1 Å². The second-order valence-electron chi connectivity index (χ2n) is 4.69. The van der Waals surface area contributed by atoms with Crippen LogP contribution in [0.2, 0.25) is 0 Å². The summed E-state index contributed by atoms with van der Waals surface area (Å²) in [4.78, 5) is 7.54. The molecule has 0 fully saturated rings. The monoisotopic (exact) mass is 333 g/mol. The molecule has 1 aromatic heterocycles. The van der Waals surface area contributed by atoms with Crippen LogP contribution < -0.4 is 5.32 Å². The molecule has 2 N–H and O–H groups in total. The lowest BCUT2D eigenvalue weighted by atomic mass is 10.2. The Kier molecular flexibility index (Phi) is 3.44.